The molecule has 4 rings (SSSR count). The first-order valence-corrected chi connectivity index (χ1v) is 7.39. The summed E-state index contributed by atoms with van der Waals surface area (Å²) in [5.41, 5.74) is 6.09. The Labute approximate surface area is 119 Å². The molecule has 3 aliphatic carbocycles. The molecule has 0 aromatic carbocycles. The summed E-state index contributed by atoms with van der Waals surface area (Å²) in [4.78, 5) is 4.68. The Morgan fingerprint density at radius 1 is 1.11 bits per heavy atom. The zero-order chi connectivity index (χ0) is 12.2. The fourth-order valence-corrected chi connectivity index (χ4v) is 3.50. The quantitative estimate of drug-likeness (QED) is 0.922. The number of nitrogens with two attached hydrogens (primary N) is 1. The van der Waals surface area contributed by atoms with E-state index in [1.54, 1.807) is 0 Å². The van der Waals surface area contributed by atoms with Gasteiger partial charge >= 0.3 is 0 Å². The summed E-state index contributed by atoms with van der Waals surface area (Å²) in [6.07, 6.45) is 9.75. The number of hydrogen-bond acceptors (Lipinski definition) is 4. The van der Waals surface area contributed by atoms with Crippen LogP contribution < -0.4 is 5.73 Å². The molecule has 0 saturated heterocycles. The van der Waals surface area contributed by atoms with Crippen molar-refractivity contribution in [2.75, 3.05) is 0 Å². The second kappa shape index (κ2) is 4.74. The van der Waals surface area contributed by atoms with Gasteiger partial charge in [0.15, 0.2) is 5.82 Å². The molecule has 3 aliphatic rings. The molecule has 1 aromatic rings. The molecule has 0 amide bonds. The second-order valence-electron chi connectivity index (χ2n) is 6.52. The third-order valence-electron chi connectivity index (χ3n) is 4.93. The molecule has 106 valence electrons. The van der Waals surface area contributed by atoms with Crippen LogP contribution in [-0.4, -0.2) is 10.1 Å². The standard InChI is InChI=1S/C14H21N3O.ClH/c15-14(7-1-2-8-14)13-16-12(18-17-13)11(9-3-4-9)10-5-6-10;/h9-11H,1-8,15H2;1H. The van der Waals surface area contributed by atoms with Crippen LogP contribution in [0.2, 0.25) is 0 Å². The number of halogens is 1. The van der Waals surface area contributed by atoms with Crippen LogP contribution in [0.3, 0.4) is 0 Å². The van der Waals surface area contributed by atoms with Crippen LogP contribution in [-0.2, 0) is 5.54 Å². The molecule has 0 unspecified atom stereocenters. The molecule has 4 nitrogen and oxygen atoms in total. The van der Waals surface area contributed by atoms with Crippen LogP contribution >= 0.6 is 12.4 Å². The van der Waals surface area contributed by atoms with E-state index in [0.717, 1.165) is 36.4 Å². The molecule has 3 saturated carbocycles. The summed E-state index contributed by atoms with van der Waals surface area (Å²) >= 11 is 0. The fourth-order valence-electron chi connectivity index (χ4n) is 3.50. The Hall–Kier alpha value is -0.610. The summed E-state index contributed by atoms with van der Waals surface area (Å²) in [6.45, 7) is 0. The number of rotatable bonds is 4. The van der Waals surface area contributed by atoms with Gasteiger partial charge < -0.3 is 10.3 Å². The lowest BCUT2D eigenvalue weighted by atomic mass is 9.96. The molecule has 2 N–H and O–H groups in total. The molecule has 0 radical (unpaired) electrons. The molecule has 0 spiro atoms. The lowest BCUT2D eigenvalue weighted by molar-refractivity contribution is 0.314. The highest BCUT2D eigenvalue weighted by atomic mass is 35.5. The molecule has 5 heteroatoms. The Balaban J connectivity index is 0.00000110. The van der Waals surface area contributed by atoms with E-state index in [9.17, 15) is 0 Å². The highest BCUT2D eigenvalue weighted by molar-refractivity contribution is 5.85. The number of aromatic nitrogens is 2. The van der Waals surface area contributed by atoms with Gasteiger partial charge in [0, 0.05) is 5.92 Å². The third kappa shape index (κ3) is 2.40. The van der Waals surface area contributed by atoms with Crippen molar-refractivity contribution in [3.05, 3.63) is 11.7 Å². The van der Waals surface area contributed by atoms with Crippen LogP contribution in [0.25, 0.3) is 0 Å². The first-order chi connectivity index (χ1) is 8.76. The predicted octanol–water partition coefficient (Wildman–Crippen LogP) is 3.12. The Morgan fingerprint density at radius 2 is 1.68 bits per heavy atom. The number of nitrogens with zero attached hydrogens (tertiary/aromatic N) is 2. The third-order valence-corrected chi connectivity index (χ3v) is 4.93. The minimum Gasteiger partial charge on any atom is -0.339 e. The van der Waals surface area contributed by atoms with Gasteiger partial charge in [0.1, 0.15) is 0 Å². The molecule has 0 aliphatic heterocycles. The highest BCUT2D eigenvalue weighted by Gasteiger charge is 2.46. The number of hydrogen-bond donors (Lipinski definition) is 1. The average molecular weight is 284 g/mol. The SMILES string of the molecule is Cl.NC1(c2noc(C(C3CC3)C3CC3)n2)CCCC1. The van der Waals surface area contributed by atoms with E-state index in [4.69, 9.17) is 10.3 Å². The van der Waals surface area contributed by atoms with E-state index in [1.165, 1.54) is 38.5 Å². The van der Waals surface area contributed by atoms with Crippen molar-refractivity contribution in [2.24, 2.45) is 17.6 Å². The molecule has 1 aromatic heterocycles. The monoisotopic (exact) mass is 283 g/mol. The van der Waals surface area contributed by atoms with Crippen molar-refractivity contribution in [3.8, 4) is 0 Å². The van der Waals surface area contributed by atoms with Crippen LogP contribution in [0.1, 0.15) is 69.0 Å². The minimum absolute atomic E-state index is 0. The van der Waals surface area contributed by atoms with Gasteiger partial charge in [-0.25, -0.2) is 0 Å². The first kappa shape index (κ1) is 13.4. The van der Waals surface area contributed by atoms with Gasteiger partial charge in [-0.1, -0.05) is 18.0 Å². The molecule has 0 atom stereocenters. The predicted molar refractivity (Wildman–Crippen MR) is 74.1 cm³/mol. The zero-order valence-electron chi connectivity index (χ0n) is 11.2. The van der Waals surface area contributed by atoms with Crippen molar-refractivity contribution in [1.82, 2.24) is 10.1 Å². The summed E-state index contributed by atoms with van der Waals surface area (Å²) in [7, 11) is 0. The van der Waals surface area contributed by atoms with Gasteiger partial charge in [-0.3, -0.25) is 0 Å². The average Bonchev–Trinajstić information content (AvgIpc) is 3.26. The smallest absolute Gasteiger partial charge is 0.230 e. The van der Waals surface area contributed by atoms with E-state index in [1.807, 2.05) is 0 Å². The van der Waals surface area contributed by atoms with E-state index < -0.39 is 0 Å². The van der Waals surface area contributed by atoms with E-state index >= 15 is 0 Å². The van der Waals surface area contributed by atoms with Crippen molar-refractivity contribution in [1.29, 1.82) is 0 Å². The molecular weight excluding hydrogens is 262 g/mol. The summed E-state index contributed by atoms with van der Waals surface area (Å²) < 4.78 is 5.57. The maximum atomic E-state index is 6.39. The van der Waals surface area contributed by atoms with Gasteiger partial charge in [0.25, 0.3) is 0 Å². The van der Waals surface area contributed by atoms with Gasteiger partial charge in [0.2, 0.25) is 5.89 Å². The van der Waals surface area contributed by atoms with Gasteiger partial charge in [-0.05, 0) is 50.4 Å². The van der Waals surface area contributed by atoms with Crippen molar-refractivity contribution in [2.45, 2.75) is 62.8 Å². The minimum atomic E-state index is -0.306. The Kier molecular flexibility index (Phi) is 3.34. The van der Waals surface area contributed by atoms with E-state index in [0.29, 0.717) is 5.92 Å². The zero-order valence-corrected chi connectivity index (χ0v) is 12.0. The van der Waals surface area contributed by atoms with Gasteiger partial charge in [0.05, 0.1) is 5.54 Å². The van der Waals surface area contributed by atoms with Crippen molar-refractivity contribution in [3.63, 3.8) is 0 Å². The van der Waals surface area contributed by atoms with Crippen LogP contribution in [0.5, 0.6) is 0 Å². The van der Waals surface area contributed by atoms with Crippen molar-refractivity contribution < 1.29 is 4.52 Å². The van der Waals surface area contributed by atoms with Crippen LogP contribution in [0, 0.1) is 11.8 Å². The maximum Gasteiger partial charge on any atom is 0.230 e. The highest BCUT2D eigenvalue weighted by Crippen LogP contribution is 2.54. The Morgan fingerprint density at radius 3 is 2.21 bits per heavy atom. The molecule has 3 fully saturated rings. The first-order valence-electron chi connectivity index (χ1n) is 7.39. The van der Waals surface area contributed by atoms with Crippen molar-refractivity contribution >= 4 is 12.4 Å². The van der Waals surface area contributed by atoms with Crippen LogP contribution in [0.4, 0.5) is 0 Å². The van der Waals surface area contributed by atoms with E-state index in [2.05, 4.69) is 10.1 Å². The largest absolute Gasteiger partial charge is 0.339 e. The topological polar surface area (TPSA) is 64.9 Å². The molecule has 0 bridgehead atoms. The van der Waals surface area contributed by atoms with Gasteiger partial charge in [-0.15, -0.1) is 12.4 Å². The molecule has 19 heavy (non-hydrogen) atoms. The summed E-state index contributed by atoms with van der Waals surface area (Å²) in [5, 5.41) is 4.20. The van der Waals surface area contributed by atoms with Gasteiger partial charge in [-0.2, -0.15) is 4.98 Å². The summed E-state index contributed by atoms with van der Waals surface area (Å²) in [6, 6.07) is 0. The summed E-state index contributed by atoms with van der Waals surface area (Å²) in [5.74, 6) is 3.80. The maximum absolute atomic E-state index is 6.39. The Bertz CT molecular complexity index is 435. The normalized spacial score (nSPS) is 25.6. The lowest BCUT2D eigenvalue weighted by Gasteiger charge is -2.18. The lowest BCUT2D eigenvalue weighted by Crippen LogP contribution is -2.34. The molecular formula is C14H22ClN3O. The van der Waals surface area contributed by atoms with Crippen LogP contribution in [0.15, 0.2) is 4.52 Å². The van der Waals surface area contributed by atoms with E-state index in [-0.39, 0.29) is 17.9 Å². The second-order valence-corrected chi connectivity index (χ2v) is 6.52. The fraction of sp³-hybridized carbons (Fsp3) is 0.857. The molecule has 1 heterocycles.